The lowest BCUT2D eigenvalue weighted by Gasteiger charge is -2.31. The average Bonchev–Trinajstić information content (AvgIpc) is 3.34. The Morgan fingerprint density at radius 1 is 1.31 bits per heavy atom. The van der Waals surface area contributed by atoms with Crippen LogP contribution in [-0.2, 0) is 6.42 Å². The predicted molar refractivity (Wildman–Crippen MR) is 116 cm³/mol. The van der Waals surface area contributed by atoms with E-state index in [-0.39, 0.29) is 11.9 Å². The van der Waals surface area contributed by atoms with E-state index in [1.54, 1.807) is 13.3 Å². The highest BCUT2D eigenvalue weighted by Gasteiger charge is 2.38. The first-order chi connectivity index (χ1) is 14.1. The maximum atomic E-state index is 13.1. The van der Waals surface area contributed by atoms with Gasteiger partial charge in [-0.15, -0.1) is 0 Å². The topological polar surface area (TPSA) is 78.3 Å². The molecule has 0 spiro atoms. The Kier molecular flexibility index (Phi) is 5.85. The van der Waals surface area contributed by atoms with Gasteiger partial charge in [0.1, 0.15) is 5.75 Å². The molecule has 7 heteroatoms. The molecular formula is C22H31N5O2. The first-order valence-corrected chi connectivity index (χ1v) is 10.6. The second kappa shape index (κ2) is 8.53. The van der Waals surface area contributed by atoms with E-state index >= 15 is 0 Å². The molecule has 156 valence electrons. The number of nitrogens with one attached hydrogen (secondary N) is 2. The molecule has 1 saturated heterocycles. The Hall–Kier alpha value is -2.41. The highest BCUT2D eigenvalue weighted by molar-refractivity contribution is 6.02. The number of aliphatic imine (C=N–C) groups is 2. The number of likely N-dealkylation sites (tertiary alicyclic amines) is 1. The summed E-state index contributed by atoms with van der Waals surface area (Å²) >= 11 is 0. The van der Waals surface area contributed by atoms with Crippen LogP contribution >= 0.6 is 0 Å². The average molecular weight is 398 g/mol. The van der Waals surface area contributed by atoms with Crippen LogP contribution in [0.25, 0.3) is 0 Å². The van der Waals surface area contributed by atoms with E-state index in [9.17, 15) is 4.79 Å². The fourth-order valence-corrected chi connectivity index (χ4v) is 5.04. The number of hydrogen-bond donors (Lipinski definition) is 2. The lowest BCUT2D eigenvalue weighted by molar-refractivity contribution is 0.0936. The van der Waals surface area contributed by atoms with E-state index in [2.05, 4.69) is 32.6 Å². The van der Waals surface area contributed by atoms with Crippen molar-refractivity contribution in [3.63, 3.8) is 0 Å². The maximum Gasteiger partial charge on any atom is 0.251 e. The Balaban J connectivity index is 1.48. The molecule has 2 fully saturated rings. The van der Waals surface area contributed by atoms with Crippen molar-refractivity contribution in [2.45, 2.75) is 38.6 Å². The second-order valence-corrected chi connectivity index (χ2v) is 8.34. The van der Waals surface area contributed by atoms with E-state index in [4.69, 9.17) is 4.74 Å². The summed E-state index contributed by atoms with van der Waals surface area (Å²) in [6.45, 7) is 4.76. The predicted octanol–water partition coefficient (Wildman–Crippen LogP) is 2.57. The summed E-state index contributed by atoms with van der Waals surface area (Å²) in [5.41, 5.74) is 2.50. The number of piperidine rings is 1. The van der Waals surface area contributed by atoms with Gasteiger partial charge in [0.25, 0.3) is 5.91 Å². The Bertz CT molecular complexity index is 835. The molecule has 1 aromatic carbocycles. The molecule has 2 heterocycles. The third kappa shape index (κ3) is 4.15. The molecule has 1 aromatic rings. The van der Waals surface area contributed by atoms with Crippen molar-refractivity contribution >= 4 is 23.8 Å². The minimum atomic E-state index is 0.0197. The summed E-state index contributed by atoms with van der Waals surface area (Å²) < 4.78 is 5.85. The van der Waals surface area contributed by atoms with Gasteiger partial charge in [0, 0.05) is 43.4 Å². The number of fused-ring (bicyclic) bond motifs is 2. The molecule has 0 aromatic heterocycles. The molecule has 4 rings (SSSR count). The summed E-state index contributed by atoms with van der Waals surface area (Å²) in [7, 11) is 3.89. The van der Waals surface area contributed by atoms with Gasteiger partial charge in [0.05, 0.1) is 12.3 Å². The zero-order chi connectivity index (χ0) is 20.4. The van der Waals surface area contributed by atoms with Crippen LogP contribution in [0.3, 0.4) is 0 Å². The monoisotopic (exact) mass is 397 g/mol. The van der Waals surface area contributed by atoms with Crippen molar-refractivity contribution in [1.82, 2.24) is 10.2 Å². The van der Waals surface area contributed by atoms with Crippen molar-refractivity contribution in [1.29, 1.82) is 0 Å². The number of benzene rings is 1. The van der Waals surface area contributed by atoms with E-state index in [1.807, 2.05) is 19.1 Å². The van der Waals surface area contributed by atoms with Crippen LogP contribution in [0, 0.1) is 11.8 Å². The number of carbonyl (C=O) groups is 1. The molecule has 1 saturated carbocycles. The zero-order valence-electron chi connectivity index (χ0n) is 17.6. The van der Waals surface area contributed by atoms with E-state index in [1.165, 1.54) is 13.0 Å². The summed E-state index contributed by atoms with van der Waals surface area (Å²) in [5, 5.41) is 6.50. The molecular weight excluding hydrogens is 366 g/mol. The van der Waals surface area contributed by atoms with Crippen molar-refractivity contribution in [3.05, 3.63) is 23.3 Å². The minimum Gasteiger partial charge on any atom is -0.491 e. The zero-order valence-corrected chi connectivity index (χ0v) is 17.6. The molecule has 0 bridgehead atoms. The fourth-order valence-electron chi connectivity index (χ4n) is 5.04. The summed E-state index contributed by atoms with van der Waals surface area (Å²) in [6.07, 6.45) is 5.87. The largest absolute Gasteiger partial charge is 0.491 e. The normalized spacial score (nSPS) is 26.9. The minimum absolute atomic E-state index is 0.0197. The Labute approximate surface area is 172 Å². The number of ether oxygens (including phenoxy) is 1. The van der Waals surface area contributed by atoms with Crippen LogP contribution in [0.15, 0.2) is 22.1 Å². The smallest absolute Gasteiger partial charge is 0.251 e. The van der Waals surface area contributed by atoms with Gasteiger partial charge in [-0.05, 0) is 63.7 Å². The number of guanidine groups is 1. The molecule has 29 heavy (non-hydrogen) atoms. The van der Waals surface area contributed by atoms with Gasteiger partial charge in [-0.2, -0.15) is 0 Å². The van der Waals surface area contributed by atoms with Gasteiger partial charge in [0.15, 0.2) is 0 Å². The standard InChI is InChI=1S/C22H31N5O2/c1-4-24-22(23-2)26-19-6-5-18(17-8-10-29-20(17)19)21(28)25-16-11-14-7-9-27(3)13-15(14)12-16/h4-6,14-16H,7-13H2,1-3H3,(H,23,26)(H,25,28)/b24-4-/t14-,15-,16-/m1/s1. The summed E-state index contributed by atoms with van der Waals surface area (Å²) in [4.78, 5) is 23.8. The molecule has 7 nitrogen and oxygen atoms in total. The van der Waals surface area contributed by atoms with Gasteiger partial charge in [-0.25, -0.2) is 4.99 Å². The van der Waals surface area contributed by atoms with Gasteiger partial charge < -0.3 is 20.3 Å². The van der Waals surface area contributed by atoms with Crippen molar-refractivity contribution in [3.8, 4) is 5.75 Å². The SMILES string of the molecule is C/C=N\C(=NC)Nc1ccc(C(=O)N[C@@H]2C[C@H]3CCN(C)C[C@H]3C2)c2c1OCC2. The second-order valence-electron chi connectivity index (χ2n) is 8.34. The third-order valence-electron chi connectivity index (χ3n) is 6.42. The molecule has 2 aliphatic heterocycles. The molecule has 3 aliphatic rings. The number of hydrogen-bond acceptors (Lipinski definition) is 4. The van der Waals surface area contributed by atoms with Crippen molar-refractivity contribution < 1.29 is 9.53 Å². The quantitative estimate of drug-likeness (QED) is 0.607. The number of anilines is 1. The first kappa shape index (κ1) is 19.9. The molecule has 2 N–H and O–H groups in total. The van der Waals surface area contributed by atoms with Crippen LogP contribution in [0.2, 0.25) is 0 Å². The number of carbonyl (C=O) groups excluding carboxylic acids is 1. The van der Waals surface area contributed by atoms with Gasteiger partial charge in [0.2, 0.25) is 5.96 Å². The van der Waals surface area contributed by atoms with Gasteiger partial charge in [-0.1, -0.05) is 0 Å². The molecule has 0 unspecified atom stereocenters. The highest BCUT2D eigenvalue weighted by atomic mass is 16.5. The number of nitrogens with zero attached hydrogens (tertiary/aromatic N) is 3. The van der Waals surface area contributed by atoms with Crippen molar-refractivity contribution in [2.24, 2.45) is 21.8 Å². The van der Waals surface area contributed by atoms with Crippen molar-refractivity contribution in [2.75, 3.05) is 39.1 Å². The number of rotatable bonds is 3. The first-order valence-electron chi connectivity index (χ1n) is 10.6. The summed E-state index contributed by atoms with van der Waals surface area (Å²) in [5.74, 6) is 2.74. The molecule has 1 aliphatic carbocycles. The van der Waals surface area contributed by atoms with Crippen LogP contribution in [0.4, 0.5) is 5.69 Å². The van der Waals surface area contributed by atoms with E-state index < -0.39 is 0 Å². The number of amides is 1. The lowest BCUT2D eigenvalue weighted by atomic mass is 9.89. The molecule has 1 amide bonds. The fraction of sp³-hybridized carbons (Fsp3) is 0.591. The Morgan fingerprint density at radius 2 is 2.14 bits per heavy atom. The highest BCUT2D eigenvalue weighted by Crippen LogP contribution is 2.39. The third-order valence-corrected chi connectivity index (χ3v) is 6.42. The lowest BCUT2D eigenvalue weighted by Crippen LogP contribution is -2.35. The maximum absolute atomic E-state index is 13.1. The molecule has 3 atom stereocenters. The van der Waals surface area contributed by atoms with Crippen LogP contribution in [-0.4, -0.2) is 62.8 Å². The van der Waals surface area contributed by atoms with Gasteiger partial charge in [-0.3, -0.25) is 9.79 Å². The van der Waals surface area contributed by atoms with E-state index in [0.717, 1.165) is 54.3 Å². The Morgan fingerprint density at radius 3 is 2.93 bits per heavy atom. The van der Waals surface area contributed by atoms with Crippen LogP contribution < -0.4 is 15.4 Å². The van der Waals surface area contributed by atoms with Crippen LogP contribution in [0.1, 0.15) is 42.1 Å². The van der Waals surface area contributed by atoms with Crippen LogP contribution in [0.5, 0.6) is 5.75 Å². The molecule has 0 radical (unpaired) electrons. The van der Waals surface area contributed by atoms with E-state index in [0.29, 0.717) is 18.5 Å². The van der Waals surface area contributed by atoms with Gasteiger partial charge >= 0.3 is 0 Å². The summed E-state index contributed by atoms with van der Waals surface area (Å²) in [6, 6.07) is 4.06.